The summed E-state index contributed by atoms with van der Waals surface area (Å²) in [5.41, 5.74) is 2.70. The molecule has 1 aliphatic heterocycles. The fourth-order valence-corrected chi connectivity index (χ4v) is 5.17. The molecular formula is C33H38N4O8S. The zero-order valence-electron chi connectivity index (χ0n) is 25.8. The van der Waals surface area contributed by atoms with Gasteiger partial charge in [0.2, 0.25) is 12.7 Å². The summed E-state index contributed by atoms with van der Waals surface area (Å²) < 4.78 is 16.7. The Hall–Kier alpha value is -4.91. The second-order valence-corrected chi connectivity index (χ2v) is 11.5. The Kier molecular flexibility index (Phi) is 12.1. The van der Waals surface area contributed by atoms with Crippen molar-refractivity contribution in [2.24, 2.45) is 0 Å². The van der Waals surface area contributed by atoms with Crippen molar-refractivity contribution in [1.29, 1.82) is 0 Å². The Morgan fingerprint density at radius 1 is 0.935 bits per heavy atom. The number of urea groups is 1. The molecule has 3 aromatic rings. The molecule has 5 N–H and O–H groups in total. The summed E-state index contributed by atoms with van der Waals surface area (Å²) in [7, 11) is 0. The lowest BCUT2D eigenvalue weighted by atomic mass is 10.0. The van der Waals surface area contributed by atoms with E-state index in [2.05, 4.69) is 21.3 Å². The highest BCUT2D eigenvalue weighted by molar-refractivity contribution is 7.98. The first kappa shape index (κ1) is 34.0. The predicted octanol–water partition coefficient (Wildman–Crippen LogP) is 5.10. The number of anilines is 2. The van der Waals surface area contributed by atoms with Crippen LogP contribution in [0.5, 0.6) is 17.2 Å². The summed E-state index contributed by atoms with van der Waals surface area (Å²) >= 11 is 1.52. The quantitative estimate of drug-likeness (QED) is 0.151. The summed E-state index contributed by atoms with van der Waals surface area (Å²) in [6, 6.07) is 16.8. The molecule has 1 aliphatic rings. The number of amides is 4. The van der Waals surface area contributed by atoms with Crippen molar-refractivity contribution >= 4 is 47.0 Å². The molecule has 0 fully saturated rings. The van der Waals surface area contributed by atoms with Gasteiger partial charge in [-0.3, -0.25) is 14.4 Å². The van der Waals surface area contributed by atoms with E-state index in [0.29, 0.717) is 52.8 Å². The third-order valence-corrected chi connectivity index (χ3v) is 7.83. The highest BCUT2D eigenvalue weighted by Gasteiger charge is 2.29. The van der Waals surface area contributed by atoms with Gasteiger partial charge in [-0.15, -0.1) is 0 Å². The van der Waals surface area contributed by atoms with Gasteiger partial charge in [0.1, 0.15) is 11.8 Å². The molecule has 0 spiro atoms. The lowest BCUT2D eigenvalue weighted by Crippen LogP contribution is -2.51. The van der Waals surface area contributed by atoms with Crippen molar-refractivity contribution in [3.05, 3.63) is 77.9 Å². The standard InChI is InChI=1S/C33H38N4O8S/c1-4-27(45-23-12-10-22(11-13-23)34-33(42)37-24-8-6-5-7-20(24)2)32(41)35-25(15-16-46-3)31(40)36-26(18-30(38)39)21-9-14-28-29(17-21)44-19-43-28/h5-14,17,25-27H,4,15-16,18-19H2,1-3H3,(H,35,41)(H,36,40)(H,38,39)(H2,34,37,42). The third kappa shape index (κ3) is 9.54. The number of rotatable bonds is 15. The zero-order valence-corrected chi connectivity index (χ0v) is 26.6. The Morgan fingerprint density at radius 2 is 1.67 bits per heavy atom. The van der Waals surface area contributed by atoms with Gasteiger partial charge in [-0.1, -0.05) is 31.2 Å². The van der Waals surface area contributed by atoms with Crippen LogP contribution in [-0.4, -0.2) is 59.9 Å². The number of para-hydroxylation sites is 1. The van der Waals surface area contributed by atoms with Crippen LogP contribution in [0.1, 0.15) is 43.4 Å². The van der Waals surface area contributed by atoms with Gasteiger partial charge in [0.15, 0.2) is 17.6 Å². The molecule has 0 saturated carbocycles. The number of ether oxygens (including phenoxy) is 3. The molecule has 3 atom stereocenters. The number of hydrogen-bond acceptors (Lipinski definition) is 8. The van der Waals surface area contributed by atoms with Crippen molar-refractivity contribution in [2.75, 3.05) is 29.4 Å². The lowest BCUT2D eigenvalue weighted by Gasteiger charge is -2.25. The molecule has 1 heterocycles. The second kappa shape index (κ2) is 16.4. The fraction of sp³-hybridized carbons (Fsp3) is 0.333. The number of thioether (sulfide) groups is 1. The molecule has 0 aromatic heterocycles. The van der Waals surface area contributed by atoms with Crippen molar-refractivity contribution in [2.45, 2.75) is 51.3 Å². The Morgan fingerprint density at radius 3 is 2.37 bits per heavy atom. The first-order valence-electron chi connectivity index (χ1n) is 14.8. The molecule has 0 bridgehead atoms. The molecule has 13 heteroatoms. The van der Waals surface area contributed by atoms with Crippen LogP contribution < -0.4 is 35.5 Å². The van der Waals surface area contributed by atoms with E-state index >= 15 is 0 Å². The molecule has 0 radical (unpaired) electrons. The number of fused-ring (bicyclic) bond motifs is 1. The molecule has 4 rings (SSSR count). The molecule has 0 saturated heterocycles. The van der Waals surface area contributed by atoms with Gasteiger partial charge in [0.05, 0.1) is 12.5 Å². The van der Waals surface area contributed by atoms with Crippen molar-refractivity contribution in [3.63, 3.8) is 0 Å². The number of nitrogens with one attached hydrogen (secondary N) is 4. The van der Waals surface area contributed by atoms with Gasteiger partial charge < -0.3 is 40.6 Å². The first-order chi connectivity index (χ1) is 22.2. The van der Waals surface area contributed by atoms with E-state index in [4.69, 9.17) is 14.2 Å². The number of benzene rings is 3. The topological polar surface area (TPSA) is 164 Å². The lowest BCUT2D eigenvalue weighted by molar-refractivity contribution is -0.138. The third-order valence-electron chi connectivity index (χ3n) is 7.18. The van der Waals surface area contributed by atoms with Crippen LogP contribution >= 0.6 is 11.8 Å². The van der Waals surface area contributed by atoms with Crippen LogP contribution in [0, 0.1) is 6.92 Å². The van der Waals surface area contributed by atoms with Gasteiger partial charge >= 0.3 is 12.0 Å². The molecule has 3 aromatic carbocycles. The van der Waals surface area contributed by atoms with Crippen LogP contribution in [0.2, 0.25) is 0 Å². The summed E-state index contributed by atoms with van der Waals surface area (Å²) in [5, 5.41) is 20.7. The molecule has 244 valence electrons. The van der Waals surface area contributed by atoms with Crippen LogP contribution in [0.25, 0.3) is 0 Å². The van der Waals surface area contributed by atoms with Gasteiger partial charge in [-0.25, -0.2) is 4.79 Å². The van der Waals surface area contributed by atoms with E-state index in [0.717, 1.165) is 5.56 Å². The Bertz CT molecular complexity index is 1530. The van der Waals surface area contributed by atoms with Crippen molar-refractivity contribution in [1.82, 2.24) is 10.6 Å². The zero-order chi connectivity index (χ0) is 33.1. The van der Waals surface area contributed by atoms with E-state index in [1.54, 1.807) is 49.4 Å². The Balaban J connectivity index is 1.37. The van der Waals surface area contributed by atoms with Crippen LogP contribution in [0.4, 0.5) is 16.2 Å². The maximum Gasteiger partial charge on any atom is 0.323 e. The number of carbonyl (C=O) groups is 4. The molecule has 3 unspecified atom stereocenters. The fourth-order valence-electron chi connectivity index (χ4n) is 4.70. The van der Waals surface area contributed by atoms with Gasteiger partial charge in [-0.2, -0.15) is 11.8 Å². The average Bonchev–Trinajstić information content (AvgIpc) is 3.51. The molecule has 4 amide bonds. The molecule has 46 heavy (non-hydrogen) atoms. The van der Waals surface area contributed by atoms with E-state index < -0.39 is 42.0 Å². The maximum absolute atomic E-state index is 13.4. The van der Waals surface area contributed by atoms with Crippen molar-refractivity contribution in [3.8, 4) is 17.2 Å². The normalized spacial score (nSPS) is 13.5. The average molecular weight is 651 g/mol. The number of carbonyl (C=O) groups excluding carboxylic acids is 3. The number of carboxylic acid groups (broad SMARTS) is 1. The number of aliphatic carboxylic acids is 1. The van der Waals surface area contributed by atoms with Crippen molar-refractivity contribution < 1.29 is 38.5 Å². The highest BCUT2D eigenvalue weighted by atomic mass is 32.2. The number of carboxylic acids is 1. The van der Waals surface area contributed by atoms with E-state index in [9.17, 15) is 24.3 Å². The van der Waals surface area contributed by atoms with E-state index in [1.807, 2.05) is 37.4 Å². The smallest absolute Gasteiger partial charge is 0.323 e. The second-order valence-electron chi connectivity index (χ2n) is 10.5. The minimum absolute atomic E-state index is 0.0604. The summed E-state index contributed by atoms with van der Waals surface area (Å²) in [6.45, 7) is 3.75. The number of aryl methyl sites for hydroxylation is 1. The van der Waals surface area contributed by atoms with Gasteiger partial charge in [0, 0.05) is 11.4 Å². The molecule has 0 aliphatic carbocycles. The Labute approximate surface area is 271 Å². The minimum atomic E-state index is -1.10. The summed E-state index contributed by atoms with van der Waals surface area (Å²) in [5.74, 6) is -0.111. The summed E-state index contributed by atoms with van der Waals surface area (Å²) in [6.07, 6.45) is 1.26. The van der Waals surface area contributed by atoms with E-state index in [1.165, 1.54) is 11.8 Å². The summed E-state index contributed by atoms with van der Waals surface area (Å²) in [4.78, 5) is 50.9. The SMILES string of the molecule is CCC(Oc1ccc(NC(=O)Nc2ccccc2C)cc1)C(=O)NC(CCSC)C(=O)NC(CC(=O)O)c1ccc2c(c1)OCO2. The van der Waals surface area contributed by atoms with Gasteiger partial charge in [0.25, 0.3) is 5.91 Å². The number of hydrogen-bond donors (Lipinski definition) is 5. The van der Waals surface area contributed by atoms with Crippen LogP contribution in [0.3, 0.4) is 0 Å². The van der Waals surface area contributed by atoms with Crippen LogP contribution in [0.15, 0.2) is 66.7 Å². The minimum Gasteiger partial charge on any atom is -0.481 e. The largest absolute Gasteiger partial charge is 0.481 e. The van der Waals surface area contributed by atoms with Gasteiger partial charge in [-0.05, 0) is 85.4 Å². The predicted molar refractivity (Wildman–Crippen MR) is 176 cm³/mol. The highest BCUT2D eigenvalue weighted by Crippen LogP contribution is 2.35. The van der Waals surface area contributed by atoms with E-state index in [-0.39, 0.29) is 13.2 Å². The first-order valence-corrected chi connectivity index (χ1v) is 16.2. The molecule has 12 nitrogen and oxygen atoms in total. The van der Waals surface area contributed by atoms with Crippen LogP contribution in [-0.2, 0) is 14.4 Å². The maximum atomic E-state index is 13.4. The molecular weight excluding hydrogens is 612 g/mol. The monoisotopic (exact) mass is 650 g/mol.